The van der Waals surface area contributed by atoms with Crippen LogP contribution in [0.1, 0.15) is 35.7 Å². The molecule has 2 aromatic rings. The molecule has 1 N–H and O–H groups in total. The standard InChI is InChI=1S/C19H25ClN4O/c1-2-21-11-15-7-9-23(10-8-15)19(25)17-12-22-24(14-17)13-16-5-3-4-6-18(16)20/h3-6,12,14-15,21H,2,7-11,13H2,1H3. The maximum Gasteiger partial charge on any atom is 0.257 e. The van der Waals surface area contributed by atoms with Crippen molar-refractivity contribution in [3.63, 3.8) is 0 Å². The summed E-state index contributed by atoms with van der Waals surface area (Å²) < 4.78 is 1.77. The van der Waals surface area contributed by atoms with Gasteiger partial charge in [-0.1, -0.05) is 36.7 Å². The van der Waals surface area contributed by atoms with Gasteiger partial charge in [0.1, 0.15) is 0 Å². The van der Waals surface area contributed by atoms with Crippen LogP contribution in [0.3, 0.4) is 0 Å². The average molecular weight is 361 g/mol. The van der Waals surface area contributed by atoms with Gasteiger partial charge in [0.15, 0.2) is 0 Å². The number of carbonyl (C=O) groups excluding carboxylic acids is 1. The van der Waals surface area contributed by atoms with Crippen LogP contribution in [-0.4, -0.2) is 46.8 Å². The zero-order chi connectivity index (χ0) is 17.6. The third-order valence-electron chi connectivity index (χ3n) is 4.76. The zero-order valence-corrected chi connectivity index (χ0v) is 15.4. The molecule has 0 unspecified atom stereocenters. The van der Waals surface area contributed by atoms with Crippen LogP contribution in [0.15, 0.2) is 36.7 Å². The molecule has 1 aliphatic rings. The van der Waals surface area contributed by atoms with E-state index in [0.717, 1.165) is 44.6 Å². The molecule has 134 valence electrons. The number of nitrogens with zero attached hydrogens (tertiary/aromatic N) is 3. The smallest absolute Gasteiger partial charge is 0.257 e. The van der Waals surface area contributed by atoms with Gasteiger partial charge in [0.05, 0.1) is 18.3 Å². The molecule has 3 rings (SSSR count). The molecule has 6 heteroatoms. The molecular formula is C19H25ClN4O. The van der Waals surface area contributed by atoms with Gasteiger partial charge in [-0.3, -0.25) is 9.48 Å². The molecule has 1 aromatic carbocycles. The molecule has 1 fully saturated rings. The lowest BCUT2D eigenvalue weighted by molar-refractivity contribution is 0.0690. The highest BCUT2D eigenvalue weighted by Crippen LogP contribution is 2.19. The van der Waals surface area contributed by atoms with Gasteiger partial charge in [0.25, 0.3) is 5.91 Å². The predicted octanol–water partition coefficient (Wildman–Crippen LogP) is 3.05. The van der Waals surface area contributed by atoms with Gasteiger partial charge >= 0.3 is 0 Å². The van der Waals surface area contributed by atoms with E-state index < -0.39 is 0 Å². The third-order valence-corrected chi connectivity index (χ3v) is 5.12. The molecule has 0 spiro atoms. The number of nitrogens with one attached hydrogen (secondary N) is 1. The Morgan fingerprint density at radius 2 is 2.08 bits per heavy atom. The molecule has 2 heterocycles. The van der Waals surface area contributed by atoms with E-state index in [9.17, 15) is 4.79 Å². The molecule has 25 heavy (non-hydrogen) atoms. The van der Waals surface area contributed by atoms with Crippen molar-refractivity contribution in [3.8, 4) is 0 Å². The Morgan fingerprint density at radius 1 is 1.32 bits per heavy atom. The van der Waals surface area contributed by atoms with Crippen molar-refractivity contribution in [1.29, 1.82) is 0 Å². The highest BCUT2D eigenvalue weighted by atomic mass is 35.5. The third kappa shape index (κ3) is 4.61. The van der Waals surface area contributed by atoms with Crippen LogP contribution >= 0.6 is 11.6 Å². The van der Waals surface area contributed by atoms with E-state index in [1.54, 1.807) is 10.9 Å². The average Bonchev–Trinajstić information content (AvgIpc) is 3.10. The first kappa shape index (κ1) is 18.0. The summed E-state index contributed by atoms with van der Waals surface area (Å²) in [6, 6.07) is 7.70. The number of rotatable bonds is 6. The highest BCUT2D eigenvalue weighted by molar-refractivity contribution is 6.31. The molecule has 0 saturated carbocycles. The lowest BCUT2D eigenvalue weighted by atomic mass is 9.96. The van der Waals surface area contributed by atoms with Crippen molar-refractivity contribution in [2.24, 2.45) is 5.92 Å². The monoisotopic (exact) mass is 360 g/mol. The largest absolute Gasteiger partial charge is 0.339 e. The maximum absolute atomic E-state index is 12.7. The van der Waals surface area contributed by atoms with Gasteiger partial charge in [0.2, 0.25) is 0 Å². The normalized spacial score (nSPS) is 15.5. The van der Waals surface area contributed by atoms with E-state index in [4.69, 9.17) is 11.6 Å². The summed E-state index contributed by atoms with van der Waals surface area (Å²) in [7, 11) is 0. The van der Waals surface area contributed by atoms with Crippen molar-refractivity contribution in [1.82, 2.24) is 20.0 Å². The van der Waals surface area contributed by atoms with Crippen LogP contribution in [0.5, 0.6) is 0 Å². The Labute approximate surface area is 154 Å². The fraction of sp³-hybridized carbons (Fsp3) is 0.474. The van der Waals surface area contributed by atoms with E-state index in [-0.39, 0.29) is 5.91 Å². The van der Waals surface area contributed by atoms with E-state index in [2.05, 4.69) is 17.3 Å². The fourth-order valence-electron chi connectivity index (χ4n) is 3.23. The van der Waals surface area contributed by atoms with Gasteiger partial charge in [-0.15, -0.1) is 0 Å². The summed E-state index contributed by atoms with van der Waals surface area (Å²) in [6.45, 7) is 6.39. The van der Waals surface area contributed by atoms with Crippen LogP contribution in [0.4, 0.5) is 0 Å². The lowest BCUT2D eigenvalue weighted by Crippen LogP contribution is -2.40. The number of halogens is 1. The van der Waals surface area contributed by atoms with Gasteiger partial charge in [-0.05, 0) is 43.5 Å². The number of likely N-dealkylation sites (tertiary alicyclic amines) is 1. The number of aromatic nitrogens is 2. The lowest BCUT2D eigenvalue weighted by Gasteiger charge is -2.31. The molecule has 0 atom stereocenters. The molecule has 5 nitrogen and oxygen atoms in total. The van der Waals surface area contributed by atoms with Crippen molar-refractivity contribution >= 4 is 17.5 Å². The molecule has 1 aliphatic heterocycles. The van der Waals surface area contributed by atoms with Crippen molar-refractivity contribution in [2.45, 2.75) is 26.3 Å². The van der Waals surface area contributed by atoms with E-state index in [1.807, 2.05) is 35.4 Å². The number of piperidine rings is 1. The summed E-state index contributed by atoms with van der Waals surface area (Å²) in [6.07, 6.45) is 5.60. The second-order valence-corrected chi connectivity index (χ2v) is 6.97. The van der Waals surface area contributed by atoms with Crippen LogP contribution in [0, 0.1) is 5.92 Å². The Hall–Kier alpha value is -1.85. The van der Waals surface area contributed by atoms with Gasteiger partial charge in [-0.25, -0.2) is 0 Å². The number of carbonyl (C=O) groups is 1. The quantitative estimate of drug-likeness (QED) is 0.861. The first-order valence-electron chi connectivity index (χ1n) is 8.93. The molecular weight excluding hydrogens is 336 g/mol. The minimum Gasteiger partial charge on any atom is -0.339 e. The first-order valence-corrected chi connectivity index (χ1v) is 9.31. The van der Waals surface area contributed by atoms with Gasteiger partial charge < -0.3 is 10.2 Å². The Bertz CT molecular complexity index is 707. The molecule has 1 aromatic heterocycles. The zero-order valence-electron chi connectivity index (χ0n) is 14.6. The number of hydrogen-bond donors (Lipinski definition) is 1. The first-order chi connectivity index (χ1) is 12.2. The van der Waals surface area contributed by atoms with Crippen molar-refractivity contribution in [3.05, 3.63) is 52.8 Å². The minimum absolute atomic E-state index is 0.0762. The second kappa shape index (κ2) is 8.50. The second-order valence-electron chi connectivity index (χ2n) is 6.56. The fourth-order valence-corrected chi connectivity index (χ4v) is 3.43. The number of hydrogen-bond acceptors (Lipinski definition) is 3. The maximum atomic E-state index is 12.7. The number of amides is 1. The topological polar surface area (TPSA) is 50.2 Å². The van der Waals surface area contributed by atoms with E-state index >= 15 is 0 Å². The van der Waals surface area contributed by atoms with Gasteiger partial charge in [0, 0.05) is 24.3 Å². The Kier molecular flexibility index (Phi) is 6.10. The SMILES string of the molecule is CCNCC1CCN(C(=O)c2cnn(Cc3ccccc3Cl)c2)CC1. The Balaban J connectivity index is 1.57. The van der Waals surface area contributed by atoms with Crippen LogP contribution in [-0.2, 0) is 6.54 Å². The van der Waals surface area contributed by atoms with Crippen LogP contribution in [0.25, 0.3) is 0 Å². The summed E-state index contributed by atoms with van der Waals surface area (Å²) >= 11 is 6.19. The summed E-state index contributed by atoms with van der Waals surface area (Å²) in [5.74, 6) is 0.749. The molecule has 0 aliphatic carbocycles. The number of benzene rings is 1. The predicted molar refractivity (Wildman–Crippen MR) is 100.0 cm³/mol. The highest BCUT2D eigenvalue weighted by Gasteiger charge is 2.24. The molecule has 0 bridgehead atoms. The van der Waals surface area contributed by atoms with E-state index in [1.165, 1.54) is 0 Å². The minimum atomic E-state index is 0.0762. The molecule has 1 saturated heterocycles. The van der Waals surface area contributed by atoms with Crippen molar-refractivity contribution in [2.75, 3.05) is 26.2 Å². The molecule has 0 radical (unpaired) electrons. The molecule has 1 amide bonds. The van der Waals surface area contributed by atoms with Crippen molar-refractivity contribution < 1.29 is 4.79 Å². The summed E-state index contributed by atoms with van der Waals surface area (Å²) in [5.41, 5.74) is 1.65. The summed E-state index contributed by atoms with van der Waals surface area (Å²) in [4.78, 5) is 14.6. The van der Waals surface area contributed by atoms with Crippen LogP contribution in [0.2, 0.25) is 5.02 Å². The Morgan fingerprint density at radius 3 is 2.80 bits per heavy atom. The van der Waals surface area contributed by atoms with E-state index in [0.29, 0.717) is 23.0 Å². The van der Waals surface area contributed by atoms with Gasteiger partial charge in [-0.2, -0.15) is 5.10 Å². The van der Waals surface area contributed by atoms with Crippen LogP contribution < -0.4 is 5.32 Å². The summed E-state index contributed by atoms with van der Waals surface area (Å²) in [5, 5.41) is 8.44.